The largest absolute Gasteiger partial charge is 0.456 e. The summed E-state index contributed by atoms with van der Waals surface area (Å²) in [5.74, 6) is -2.52. The Bertz CT molecular complexity index is 868. The van der Waals surface area contributed by atoms with E-state index in [9.17, 15) is 23.6 Å². The molecule has 1 saturated carbocycles. The highest BCUT2D eigenvalue weighted by Gasteiger charge is 2.56. The second kappa shape index (κ2) is 7.57. The van der Waals surface area contributed by atoms with Crippen LogP contribution < -0.4 is 5.32 Å². The van der Waals surface area contributed by atoms with Gasteiger partial charge in [0.1, 0.15) is 17.9 Å². The molecule has 3 amide bonds. The first-order valence-corrected chi connectivity index (χ1v) is 9.60. The van der Waals surface area contributed by atoms with E-state index in [1.54, 1.807) is 0 Å². The Morgan fingerprint density at radius 3 is 2.59 bits per heavy atom. The van der Waals surface area contributed by atoms with Gasteiger partial charge in [-0.1, -0.05) is 32.9 Å². The van der Waals surface area contributed by atoms with Crippen LogP contribution in [0.2, 0.25) is 0 Å². The maximum Gasteiger partial charge on any atom is 0.326 e. The standard InChI is InChI=1S/C21H25FN2O5/c1-13-8-20(2,3)12-21(9-13)18(27)24(19(28)23-21)10-17(26)29-11-16(25)14-6-4-5-7-15(14)22/h4-7,13H,8-12H2,1-3H3,(H,23,28)/t13-,21-/m0/s1. The van der Waals surface area contributed by atoms with Crippen molar-refractivity contribution in [3.05, 3.63) is 35.6 Å². The molecule has 1 spiro atoms. The van der Waals surface area contributed by atoms with Gasteiger partial charge < -0.3 is 10.1 Å². The van der Waals surface area contributed by atoms with E-state index in [-0.39, 0.29) is 16.9 Å². The first kappa shape index (κ1) is 21.0. The summed E-state index contributed by atoms with van der Waals surface area (Å²) in [5.41, 5.74) is -1.32. The fourth-order valence-electron chi connectivity index (χ4n) is 4.74. The first-order valence-electron chi connectivity index (χ1n) is 9.60. The average Bonchev–Trinajstić information content (AvgIpc) is 2.81. The van der Waals surface area contributed by atoms with Crippen LogP contribution in [-0.2, 0) is 14.3 Å². The Morgan fingerprint density at radius 2 is 1.93 bits per heavy atom. The summed E-state index contributed by atoms with van der Waals surface area (Å²) in [7, 11) is 0. The Hall–Kier alpha value is -2.77. The molecule has 156 valence electrons. The molecule has 1 aliphatic carbocycles. The lowest BCUT2D eigenvalue weighted by Crippen LogP contribution is -2.54. The molecular formula is C21H25FN2O5. The minimum Gasteiger partial charge on any atom is -0.456 e. The van der Waals surface area contributed by atoms with Crippen molar-refractivity contribution in [1.82, 2.24) is 10.2 Å². The molecule has 1 aromatic carbocycles. The van der Waals surface area contributed by atoms with Crippen LogP contribution in [0.25, 0.3) is 0 Å². The van der Waals surface area contributed by atoms with E-state index in [1.165, 1.54) is 18.2 Å². The molecule has 2 fully saturated rings. The Kier molecular flexibility index (Phi) is 5.47. The van der Waals surface area contributed by atoms with Crippen LogP contribution in [0.1, 0.15) is 50.4 Å². The molecule has 7 nitrogen and oxygen atoms in total. The Morgan fingerprint density at radius 1 is 1.24 bits per heavy atom. The molecule has 0 radical (unpaired) electrons. The van der Waals surface area contributed by atoms with Gasteiger partial charge in [-0.05, 0) is 42.7 Å². The van der Waals surface area contributed by atoms with Gasteiger partial charge in [-0.2, -0.15) is 0 Å². The van der Waals surface area contributed by atoms with Crippen molar-refractivity contribution in [2.24, 2.45) is 11.3 Å². The molecule has 1 heterocycles. The summed E-state index contributed by atoms with van der Waals surface area (Å²) in [6.45, 7) is 4.88. The minimum absolute atomic E-state index is 0.122. The van der Waals surface area contributed by atoms with Crippen LogP contribution in [0.5, 0.6) is 0 Å². The van der Waals surface area contributed by atoms with Gasteiger partial charge in [-0.15, -0.1) is 0 Å². The van der Waals surface area contributed by atoms with E-state index in [0.717, 1.165) is 17.4 Å². The minimum atomic E-state index is -1.01. The number of carbonyl (C=O) groups is 4. The third kappa shape index (κ3) is 4.31. The molecule has 0 unspecified atom stereocenters. The van der Waals surface area contributed by atoms with Crippen LogP contribution in [0, 0.1) is 17.2 Å². The number of amides is 3. The predicted octanol–water partition coefficient (Wildman–Crippen LogP) is 2.69. The van der Waals surface area contributed by atoms with Gasteiger partial charge in [0.2, 0.25) is 5.78 Å². The number of urea groups is 1. The first-order chi connectivity index (χ1) is 13.5. The molecule has 0 bridgehead atoms. The number of ether oxygens (including phenoxy) is 1. The monoisotopic (exact) mass is 404 g/mol. The van der Waals surface area contributed by atoms with Gasteiger partial charge in [0.05, 0.1) is 5.56 Å². The fourth-order valence-corrected chi connectivity index (χ4v) is 4.74. The maximum atomic E-state index is 13.6. The van der Waals surface area contributed by atoms with Crippen molar-refractivity contribution in [2.45, 2.75) is 45.6 Å². The molecule has 1 aliphatic heterocycles. The average molecular weight is 404 g/mol. The number of carbonyl (C=O) groups excluding carboxylic acids is 4. The van der Waals surface area contributed by atoms with E-state index >= 15 is 0 Å². The second-order valence-corrected chi connectivity index (χ2v) is 8.82. The number of ketones is 1. The van der Waals surface area contributed by atoms with Crippen LogP contribution in [0.15, 0.2) is 24.3 Å². The lowest BCUT2D eigenvalue weighted by molar-refractivity contribution is -0.147. The quantitative estimate of drug-likeness (QED) is 0.463. The highest BCUT2D eigenvalue weighted by atomic mass is 19.1. The molecule has 29 heavy (non-hydrogen) atoms. The van der Waals surface area contributed by atoms with Crippen LogP contribution in [0.4, 0.5) is 9.18 Å². The molecule has 8 heteroatoms. The van der Waals surface area contributed by atoms with Crippen molar-refractivity contribution in [2.75, 3.05) is 13.2 Å². The van der Waals surface area contributed by atoms with Crippen LogP contribution in [0.3, 0.4) is 0 Å². The number of nitrogens with zero attached hydrogens (tertiary/aromatic N) is 1. The predicted molar refractivity (Wildman–Crippen MR) is 101 cm³/mol. The number of imide groups is 1. The summed E-state index contributed by atoms with van der Waals surface area (Å²) >= 11 is 0. The van der Waals surface area contributed by atoms with E-state index in [0.29, 0.717) is 12.8 Å². The molecule has 1 aromatic rings. The summed E-state index contributed by atoms with van der Waals surface area (Å²) in [6.07, 6.45) is 1.95. The zero-order valence-corrected chi connectivity index (χ0v) is 16.8. The van der Waals surface area contributed by atoms with Gasteiger partial charge >= 0.3 is 12.0 Å². The molecule has 2 atom stereocenters. The Labute approximate surface area is 168 Å². The number of Topliss-reactive ketones (excluding diaryl/α,β-unsaturated/α-hetero) is 1. The molecule has 0 aromatic heterocycles. The van der Waals surface area contributed by atoms with Crippen molar-refractivity contribution >= 4 is 23.7 Å². The van der Waals surface area contributed by atoms with Crippen molar-refractivity contribution < 1.29 is 28.3 Å². The van der Waals surface area contributed by atoms with Gasteiger partial charge in [0.15, 0.2) is 6.61 Å². The molecule has 3 rings (SSSR count). The van der Waals surface area contributed by atoms with Crippen LogP contribution in [-0.4, -0.2) is 47.3 Å². The van der Waals surface area contributed by atoms with Crippen molar-refractivity contribution in [3.63, 3.8) is 0 Å². The van der Waals surface area contributed by atoms with Gasteiger partial charge in [0.25, 0.3) is 5.91 Å². The second-order valence-electron chi connectivity index (χ2n) is 8.82. The zero-order chi connectivity index (χ0) is 21.4. The molecule has 2 aliphatic rings. The Balaban J connectivity index is 1.62. The lowest BCUT2D eigenvalue weighted by atomic mass is 9.64. The summed E-state index contributed by atoms with van der Waals surface area (Å²) in [5, 5.41) is 2.77. The topological polar surface area (TPSA) is 92.8 Å². The van der Waals surface area contributed by atoms with Gasteiger partial charge in [-0.3, -0.25) is 19.3 Å². The van der Waals surface area contributed by atoms with E-state index in [1.807, 2.05) is 6.92 Å². The van der Waals surface area contributed by atoms with Gasteiger partial charge in [-0.25, -0.2) is 9.18 Å². The third-order valence-corrected chi connectivity index (χ3v) is 5.45. The number of nitrogens with one attached hydrogen (secondary N) is 1. The number of hydrogen-bond acceptors (Lipinski definition) is 5. The maximum absolute atomic E-state index is 13.6. The fraction of sp³-hybridized carbons (Fsp3) is 0.524. The van der Waals surface area contributed by atoms with E-state index < -0.39 is 48.2 Å². The lowest BCUT2D eigenvalue weighted by Gasteiger charge is -2.43. The highest BCUT2D eigenvalue weighted by Crippen LogP contribution is 2.46. The molecule has 1 saturated heterocycles. The zero-order valence-electron chi connectivity index (χ0n) is 16.8. The van der Waals surface area contributed by atoms with Crippen molar-refractivity contribution in [1.29, 1.82) is 0 Å². The summed E-state index contributed by atoms with van der Waals surface area (Å²) in [6, 6.07) is 4.72. The third-order valence-electron chi connectivity index (χ3n) is 5.45. The SMILES string of the molecule is C[C@H]1CC(C)(C)C[C@]2(C1)NC(=O)N(CC(=O)OCC(=O)c1ccccc1F)C2=O. The van der Waals surface area contributed by atoms with Crippen molar-refractivity contribution in [3.8, 4) is 0 Å². The highest BCUT2D eigenvalue weighted by molar-refractivity contribution is 6.09. The summed E-state index contributed by atoms with van der Waals surface area (Å²) in [4.78, 5) is 50.3. The number of esters is 1. The number of rotatable bonds is 5. The van der Waals surface area contributed by atoms with E-state index in [2.05, 4.69) is 19.2 Å². The number of benzene rings is 1. The summed E-state index contributed by atoms with van der Waals surface area (Å²) < 4.78 is 18.5. The smallest absolute Gasteiger partial charge is 0.326 e. The number of halogens is 1. The number of hydrogen-bond donors (Lipinski definition) is 1. The van der Waals surface area contributed by atoms with Crippen LogP contribution >= 0.6 is 0 Å². The molecular weight excluding hydrogens is 379 g/mol. The van der Waals surface area contributed by atoms with E-state index in [4.69, 9.17) is 4.74 Å². The normalized spacial score (nSPS) is 25.8. The van der Waals surface area contributed by atoms with Gasteiger partial charge in [0, 0.05) is 0 Å². The molecule has 1 N–H and O–H groups in total.